The molecule has 0 bridgehead atoms. The van der Waals surface area contributed by atoms with Crippen LogP contribution in [0.15, 0.2) is 47.1 Å². The second kappa shape index (κ2) is 5.64. The van der Waals surface area contributed by atoms with E-state index < -0.39 is 0 Å². The monoisotopic (exact) mass is 233 g/mol. The molecule has 2 aromatic rings. The molecule has 2 nitrogen and oxygen atoms in total. The molecule has 1 unspecified atom stereocenters. The molecule has 0 saturated heterocycles. The van der Waals surface area contributed by atoms with E-state index in [0.717, 1.165) is 24.4 Å². The van der Waals surface area contributed by atoms with Crippen molar-refractivity contribution in [1.82, 2.24) is 5.32 Å². The molecule has 90 valence electrons. The van der Waals surface area contributed by atoms with Crippen LogP contribution in [-0.4, -0.2) is 6.54 Å². The number of hydrogen-bond donors (Lipinski definition) is 1. The van der Waals surface area contributed by atoms with Crippen LogP contribution >= 0.6 is 0 Å². The fraction of sp³-hybridized carbons (Fsp3) is 0.286. The van der Waals surface area contributed by atoms with Crippen LogP contribution in [-0.2, 0) is 6.54 Å². The number of nitrogens with one attached hydrogen (secondary N) is 1. The molecule has 0 aliphatic rings. The quantitative estimate of drug-likeness (QED) is 0.857. The topological polar surface area (TPSA) is 25.2 Å². The Morgan fingerprint density at radius 1 is 1.24 bits per heavy atom. The molecule has 0 radical (unpaired) electrons. The van der Waals surface area contributed by atoms with Gasteiger partial charge < -0.3 is 9.73 Å². The molecule has 0 fully saturated rings. The zero-order chi connectivity index (χ0) is 12.1. The van der Waals surface area contributed by atoms with Crippen LogP contribution in [0.5, 0.6) is 0 Å². The Hall–Kier alpha value is -1.61. The summed E-state index contributed by atoms with van der Waals surface area (Å²) in [6, 6.07) is 10.5. The van der Waals surface area contributed by atoms with Gasteiger partial charge in [-0.2, -0.15) is 0 Å². The third-order valence-electron chi connectivity index (χ3n) is 2.77. The molecule has 0 saturated carbocycles. The highest BCUT2D eigenvalue weighted by atomic mass is 19.1. The van der Waals surface area contributed by atoms with Gasteiger partial charge in [0.2, 0.25) is 0 Å². The van der Waals surface area contributed by atoms with Gasteiger partial charge in [-0.05, 0) is 35.7 Å². The first-order valence-corrected chi connectivity index (χ1v) is 5.74. The normalized spacial score (nSPS) is 12.6. The molecule has 0 aliphatic carbocycles. The Balaban J connectivity index is 1.81. The maximum Gasteiger partial charge on any atom is 0.123 e. The summed E-state index contributed by atoms with van der Waals surface area (Å²) in [6.45, 7) is 3.67. The molecule has 0 spiro atoms. The predicted molar refractivity (Wildman–Crippen MR) is 65.2 cm³/mol. The molecule has 0 amide bonds. The first-order valence-electron chi connectivity index (χ1n) is 5.74. The second-order valence-corrected chi connectivity index (χ2v) is 4.16. The molecule has 1 atom stereocenters. The van der Waals surface area contributed by atoms with E-state index in [0.29, 0.717) is 5.92 Å². The van der Waals surface area contributed by atoms with Crippen LogP contribution < -0.4 is 5.32 Å². The van der Waals surface area contributed by atoms with Gasteiger partial charge in [-0.15, -0.1) is 0 Å². The minimum absolute atomic E-state index is 0.190. The van der Waals surface area contributed by atoms with Crippen molar-refractivity contribution in [3.05, 3.63) is 59.8 Å². The molecular weight excluding hydrogens is 217 g/mol. The number of furan rings is 1. The Morgan fingerprint density at radius 2 is 2.00 bits per heavy atom. The lowest BCUT2D eigenvalue weighted by Gasteiger charge is -2.12. The number of benzene rings is 1. The second-order valence-electron chi connectivity index (χ2n) is 4.16. The average molecular weight is 233 g/mol. The van der Waals surface area contributed by atoms with Crippen LogP contribution in [0.1, 0.15) is 24.2 Å². The van der Waals surface area contributed by atoms with Crippen molar-refractivity contribution in [2.45, 2.75) is 19.4 Å². The maximum atomic E-state index is 12.8. The summed E-state index contributed by atoms with van der Waals surface area (Å²) in [4.78, 5) is 0. The first-order chi connectivity index (χ1) is 8.25. The number of rotatable bonds is 5. The van der Waals surface area contributed by atoms with E-state index in [-0.39, 0.29) is 5.82 Å². The lowest BCUT2D eigenvalue weighted by Crippen LogP contribution is -2.19. The van der Waals surface area contributed by atoms with E-state index in [9.17, 15) is 4.39 Å². The average Bonchev–Trinajstić information content (AvgIpc) is 2.83. The molecule has 1 heterocycles. The fourth-order valence-corrected chi connectivity index (χ4v) is 1.73. The lowest BCUT2D eigenvalue weighted by molar-refractivity contribution is 0.476. The molecule has 0 aliphatic heterocycles. The molecule has 2 rings (SSSR count). The Morgan fingerprint density at radius 3 is 2.65 bits per heavy atom. The first kappa shape index (κ1) is 11.9. The van der Waals surface area contributed by atoms with Gasteiger partial charge >= 0.3 is 0 Å². The van der Waals surface area contributed by atoms with Gasteiger partial charge in [0.05, 0.1) is 12.8 Å². The van der Waals surface area contributed by atoms with Crippen LogP contribution in [0.2, 0.25) is 0 Å². The predicted octanol–water partition coefficient (Wildman–Crippen LogP) is 3.31. The Bertz CT molecular complexity index is 436. The molecule has 1 aromatic heterocycles. The molecule has 3 heteroatoms. The van der Waals surface area contributed by atoms with Crippen molar-refractivity contribution in [3.63, 3.8) is 0 Å². The largest absolute Gasteiger partial charge is 0.468 e. The van der Waals surface area contributed by atoms with Crippen LogP contribution in [0.25, 0.3) is 0 Å². The third kappa shape index (κ3) is 3.43. The van der Waals surface area contributed by atoms with Gasteiger partial charge in [0.1, 0.15) is 11.6 Å². The number of halogens is 1. The summed E-state index contributed by atoms with van der Waals surface area (Å²) >= 11 is 0. The lowest BCUT2D eigenvalue weighted by atomic mass is 10.0. The van der Waals surface area contributed by atoms with Crippen molar-refractivity contribution in [3.8, 4) is 0 Å². The molecular formula is C14H16FNO. The molecule has 17 heavy (non-hydrogen) atoms. The summed E-state index contributed by atoms with van der Waals surface area (Å²) in [6.07, 6.45) is 1.67. The smallest absolute Gasteiger partial charge is 0.123 e. The van der Waals surface area contributed by atoms with Crippen molar-refractivity contribution < 1.29 is 8.81 Å². The third-order valence-corrected chi connectivity index (χ3v) is 2.77. The maximum absolute atomic E-state index is 12.8. The summed E-state index contributed by atoms with van der Waals surface area (Å²) in [5, 5.41) is 3.31. The van der Waals surface area contributed by atoms with E-state index in [1.165, 1.54) is 12.1 Å². The standard InChI is InChI=1S/C14H16FNO/c1-11(12-4-6-13(15)7-5-12)9-16-10-14-3-2-8-17-14/h2-8,11,16H,9-10H2,1H3. The highest BCUT2D eigenvalue weighted by Gasteiger charge is 2.05. The van der Waals surface area contributed by atoms with Gasteiger partial charge in [-0.25, -0.2) is 4.39 Å². The van der Waals surface area contributed by atoms with Crippen molar-refractivity contribution in [2.24, 2.45) is 0 Å². The highest BCUT2D eigenvalue weighted by molar-refractivity contribution is 5.20. The summed E-state index contributed by atoms with van der Waals surface area (Å²) in [7, 11) is 0. The SMILES string of the molecule is CC(CNCc1ccco1)c1ccc(F)cc1. The van der Waals surface area contributed by atoms with Gasteiger partial charge in [0.15, 0.2) is 0 Å². The van der Waals surface area contributed by atoms with Crippen LogP contribution in [0.3, 0.4) is 0 Å². The highest BCUT2D eigenvalue weighted by Crippen LogP contribution is 2.14. The van der Waals surface area contributed by atoms with Crippen molar-refractivity contribution in [1.29, 1.82) is 0 Å². The molecule has 1 aromatic carbocycles. The minimum atomic E-state index is -0.190. The van der Waals surface area contributed by atoms with Crippen LogP contribution in [0.4, 0.5) is 4.39 Å². The van der Waals surface area contributed by atoms with Crippen LogP contribution in [0, 0.1) is 5.82 Å². The summed E-state index contributed by atoms with van der Waals surface area (Å²) in [5.74, 6) is 1.09. The van der Waals surface area contributed by atoms with E-state index >= 15 is 0 Å². The van der Waals surface area contributed by atoms with E-state index in [4.69, 9.17) is 4.42 Å². The van der Waals surface area contributed by atoms with E-state index in [2.05, 4.69) is 12.2 Å². The van der Waals surface area contributed by atoms with E-state index in [1.54, 1.807) is 6.26 Å². The van der Waals surface area contributed by atoms with Gasteiger partial charge in [0, 0.05) is 6.54 Å². The zero-order valence-corrected chi connectivity index (χ0v) is 9.82. The van der Waals surface area contributed by atoms with Crippen molar-refractivity contribution in [2.75, 3.05) is 6.54 Å². The fourth-order valence-electron chi connectivity index (χ4n) is 1.73. The minimum Gasteiger partial charge on any atom is -0.468 e. The van der Waals surface area contributed by atoms with Gasteiger partial charge in [-0.3, -0.25) is 0 Å². The summed E-state index contributed by atoms with van der Waals surface area (Å²) < 4.78 is 18.0. The number of hydrogen-bond acceptors (Lipinski definition) is 2. The van der Waals surface area contributed by atoms with Gasteiger partial charge in [0.25, 0.3) is 0 Å². The zero-order valence-electron chi connectivity index (χ0n) is 9.82. The Kier molecular flexibility index (Phi) is 3.94. The summed E-state index contributed by atoms with van der Waals surface area (Å²) in [5.41, 5.74) is 1.14. The Labute approximate surface area is 100 Å². The van der Waals surface area contributed by atoms with Crippen molar-refractivity contribution >= 4 is 0 Å². The van der Waals surface area contributed by atoms with Gasteiger partial charge in [-0.1, -0.05) is 19.1 Å². The molecule has 1 N–H and O–H groups in total. The van der Waals surface area contributed by atoms with E-state index in [1.807, 2.05) is 24.3 Å².